The van der Waals surface area contributed by atoms with Crippen molar-refractivity contribution in [3.63, 3.8) is 0 Å². The summed E-state index contributed by atoms with van der Waals surface area (Å²) in [4.78, 5) is 26.1. The molecule has 4 nitrogen and oxygen atoms in total. The Balaban J connectivity index is 1.92. The van der Waals surface area contributed by atoms with Gasteiger partial charge in [0.25, 0.3) is 0 Å². The minimum Gasteiger partial charge on any atom is -0.481 e. The van der Waals surface area contributed by atoms with Crippen molar-refractivity contribution in [3.8, 4) is 0 Å². The van der Waals surface area contributed by atoms with Crippen LogP contribution in [0.25, 0.3) is 0 Å². The summed E-state index contributed by atoms with van der Waals surface area (Å²) in [6.07, 6.45) is 4.88. The van der Waals surface area contributed by atoms with Crippen molar-refractivity contribution in [2.45, 2.75) is 56.4 Å². The number of carboxylic acids is 1. The van der Waals surface area contributed by atoms with Gasteiger partial charge in [0.1, 0.15) is 5.82 Å². The number of carbonyl (C=O) groups excluding carboxylic acids is 1. The average Bonchev–Trinajstić information content (AvgIpc) is 3.15. The molecule has 0 bridgehead atoms. The van der Waals surface area contributed by atoms with Crippen molar-refractivity contribution < 1.29 is 19.1 Å². The molecule has 1 aliphatic carbocycles. The molecule has 1 aromatic rings. The molecule has 23 heavy (non-hydrogen) atoms. The molecule has 2 aliphatic rings. The zero-order chi connectivity index (χ0) is 16.4. The summed E-state index contributed by atoms with van der Waals surface area (Å²) >= 11 is 0. The number of benzene rings is 1. The lowest BCUT2D eigenvalue weighted by atomic mass is 9.77. The number of likely N-dealkylation sites (tertiary alicyclic amines) is 1. The first-order chi connectivity index (χ1) is 11.0. The molecule has 1 atom stereocenters. The van der Waals surface area contributed by atoms with Crippen LogP contribution in [0.5, 0.6) is 0 Å². The third-order valence-electron chi connectivity index (χ3n) is 5.29. The number of aliphatic carboxylic acids is 1. The van der Waals surface area contributed by atoms with Gasteiger partial charge in [-0.15, -0.1) is 0 Å². The number of hydrogen-bond acceptors (Lipinski definition) is 2. The van der Waals surface area contributed by atoms with E-state index in [0.717, 1.165) is 31.2 Å². The Bertz CT molecular complexity index is 610. The van der Waals surface area contributed by atoms with E-state index in [1.54, 1.807) is 11.0 Å². The third kappa shape index (κ3) is 2.96. The third-order valence-corrected chi connectivity index (χ3v) is 5.29. The summed E-state index contributed by atoms with van der Waals surface area (Å²) in [7, 11) is 0. The first kappa shape index (κ1) is 16.0. The normalized spacial score (nSPS) is 23.2. The molecule has 2 fully saturated rings. The maximum atomic E-state index is 13.7. The molecular weight excluding hydrogens is 297 g/mol. The predicted molar refractivity (Wildman–Crippen MR) is 83.5 cm³/mol. The molecule has 0 radical (unpaired) electrons. The molecular formula is C18H22FNO3. The molecule has 1 saturated carbocycles. The number of nitrogens with zero attached hydrogens (tertiary/aromatic N) is 1. The largest absolute Gasteiger partial charge is 0.481 e. The van der Waals surface area contributed by atoms with E-state index in [9.17, 15) is 14.0 Å². The van der Waals surface area contributed by atoms with E-state index in [1.165, 1.54) is 12.1 Å². The highest BCUT2D eigenvalue weighted by Gasteiger charge is 2.47. The van der Waals surface area contributed by atoms with Gasteiger partial charge in [0.15, 0.2) is 0 Å². The summed E-state index contributed by atoms with van der Waals surface area (Å²) < 4.78 is 13.7. The number of amides is 1. The van der Waals surface area contributed by atoms with Gasteiger partial charge >= 0.3 is 5.97 Å². The van der Waals surface area contributed by atoms with Crippen molar-refractivity contribution in [2.24, 2.45) is 0 Å². The van der Waals surface area contributed by atoms with Crippen LogP contribution in [0.4, 0.5) is 4.39 Å². The molecule has 1 amide bonds. The molecule has 5 heteroatoms. The highest BCUT2D eigenvalue weighted by molar-refractivity contribution is 5.89. The fourth-order valence-electron chi connectivity index (χ4n) is 4.18. The Labute approximate surface area is 135 Å². The van der Waals surface area contributed by atoms with Crippen LogP contribution in [0.3, 0.4) is 0 Å². The summed E-state index contributed by atoms with van der Waals surface area (Å²) in [5.41, 5.74) is 0.0596. The van der Waals surface area contributed by atoms with Crippen molar-refractivity contribution >= 4 is 11.9 Å². The van der Waals surface area contributed by atoms with E-state index in [1.807, 2.05) is 6.07 Å². The zero-order valence-corrected chi connectivity index (χ0v) is 13.1. The lowest BCUT2D eigenvalue weighted by Crippen LogP contribution is -2.48. The first-order valence-corrected chi connectivity index (χ1v) is 8.32. The van der Waals surface area contributed by atoms with Crippen LogP contribution in [0.1, 0.15) is 50.5 Å². The Kier molecular flexibility index (Phi) is 4.37. The van der Waals surface area contributed by atoms with Crippen LogP contribution in [-0.4, -0.2) is 34.5 Å². The monoisotopic (exact) mass is 319 g/mol. The van der Waals surface area contributed by atoms with E-state index >= 15 is 0 Å². The number of carboxylic acid groups (broad SMARTS) is 1. The Morgan fingerprint density at radius 3 is 2.65 bits per heavy atom. The molecule has 1 unspecified atom stereocenters. The van der Waals surface area contributed by atoms with Gasteiger partial charge in [-0.3, -0.25) is 9.59 Å². The second-order valence-corrected chi connectivity index (χ2v) is 6.69. The van der Waals surface area contributed by atoms with E-state index < -0.39 is 11.4 Å². The number of hydrogen-bond donors (Lipinski definition) is 1. The minimum atomic E-state index is -0.874. The average molecular weight is 319 g/mol. The van der Waals surface area contributed by atoms with E-state index in [4.69, 9.17) is 5.11 Å². The van der Waals surface area contributed by atoms with Crippen molar-refractivity contribution in [1.82, 2.24) is 4.90 Å². The Morgan fingerprint density at radius 1 is 1.26 bits per heavy atom. The lowest BCUT2D eigenvalue weighted by Gasteiger charge is -2.35. The zero-order valence-electron chi connectivity index (χ0n) is 13.1. The summed E-state index contributed by atoms with van der Waals surface area (Å²) in [6.45, 7) is 0.605. The van der Waals surface area contributed by atoms with Crippen LogP contribution in [0.15, 0.2) is 24.3 Å². The van der Waals surface area contributed by atoms with Gasteiger partial charge in [-0.1, -0.05) is 25.0 Å². The topological polar surface area (TPSA) is 57.6 Å². The van der Waals surface area contributed by atoms with Crippen molar-refractivity contribution in [1.29, 1.82) is 0 Å². The summed E-state index contributed by atoms with van der Waals surface area (Å²) in [6, 6.07) is 6.10. The quantitative estimate of drug-likeness (QED) is 0.928. The van der Waals surface area contributed by atoms with Crippen LogP contribution in [0, 0.1) is 5.82 Å². The molecule has 0 aromatic heterocycles. The maximum absolute atomic E-state index is 13.7. The number of halogens is 1. The second kappa shape index (κ2) is 6.30. The standard InChI is InChI=1S/C18H22FNO3/c19-14-6-3-5-13(11-14)18(8-1-2-9-18)17(23)20-10-4-7-15(20)12-16(21)22/h3,5-6,11,15H,1-2,4,7-10,12H2,(H,21,22). The Hall–Kier alpha value is -1.91. The molecule has 0 spiro atoms. The molecule has 1 heterocycles. The van der Waals surface area contributed by atoms with Gasteiger partial charge in [0.05, 0.1) is 11.8 Å². The van der Waals surface area contributed by atoms with E-state index in [-0.39, 0.29) is 24.2 Å². The fraction of sp³-hybridized carbons (Fsp3) is 0.556. The number of carbonyl (C=O) groups is 2. The van der Waals surface area contributed by atoms with Crippen LogP contribution in [0.2, 0.25) is 0 Å². The van der Waals surface area contributed by atoms with E-state index in [2.05, 4.69) is 0 Å². The fourth-order valence-corrected chi connectivity index (χ4v) is 4.18. The second-order valence-electron chi connectivity index (χ2n) is 6.69. The van der Waals surface area contributed by atoms with Crippen LogP contribution < -0.4 is 0 Å². The van der Waals surface area contributed by atoms with E-state index in [0.29, 0.717) is 19.4 Å². The highest BCUT2D eigenvalue weighted by Crippen LogP contribution is 2.44. The number of rotatable bonds is 4. The molecule has 1 aliphatic heterocycles. The SMILES string of the molecule is O=C(O)CC1CCCN1C(=O)C1(c2cccc(F)c2)CCCC1. The molecule has 1 aromatic carbocycles. The summed E-state index contributed by atoms with van der Waals surface area (Å²) in [5, 5.41) is 9.07. The smallest absolute Gasteiger partial charge is 0.305 e. The lowest BCUT2D eigenvalue weighted by molar-refractivity contribution is -0.142. The van der Waals surface area contributed by atoms with Crippen molar-refractivity contribution in [3.05, 3.63) is 35.6 Å². The van der Waals surface area contributed by atoms with Crippen LogP contribution in [-0.2, 0) is 15.0 Å². The van der Waals surface area contributed by atoms with Gasteiger partial charge in [0.2, 0.25) is 5.91 Å². The van der Waals surface area contributed by atoms with Gasteiger partial charge in [-0.2, -0.15) is 0 Å². The van der Waals surface area contributed by atoms with Crippen LogP contribution >= 0.6 is 0 Å². The molecule has 124 valence electrons. The summed E-state index contributed by atoms with van der Waals surface area (Å²) in [5.74, 6) is -1.21. The first-order valence-electron chi connectivity index (χ1n) is 8.32. The predicted octanol–water partition coefficient (Wildman–Crippen LogP) is 3.10. The van der Waals surface area contributed by atoms with Gasteiger partial charge in [0, 0.05) is 12.6 Å². The minimum absolute atomic E-state index is 0.00896. The molecule has 1 N–H and O–H groups in total. The van der Waals surface area contributed by atoms with Gasteiger partial charge in [-0.05, 0) is 43.4 Å². The Morgan fingerprint density at radius 2 is 2.00 bits per heavy atom. The van der Waals surface area contributed by atoms with Crippen molar-refractivity contribution in [2.75, 3.05) is 6.54 Å². The molecule has 1 saturated heterocycles. The van der Waals surface area contributed by atoms with Gasteiger partial charge in [-0.25, -0.2) is 4.39 Å². The maximum Gasteiger partial charge on any atom is 0.305 e. The van der Waals surface area contributed by atoms with Gasteiger partial charge < -0.3 is 10.0 Å². The highest BCUT2D eigenvalue weighted by atomic mass is 19.1. The molecule has 3 rings (SSSR count).